The molecule has 0 fully saturated rings. The molecular formula is C21H20N4O3. The molecule has 1 atom stereocenters. The third-order valence-corrected chi connectivity index (χ3v) is 5.05. The summed E-state index contributed by atoms with van der Waals surface area (Å²) in [5.41, 5.74) is 2.69. The van der Waals surface area contributed by atoms with Crippen LogP contribution in [0.2, 0.25) is 0 Å². The number of imide groups is 1. The van der Waals surface area contributed by atoms with E-state index in [-0.39, 0.29) is 18.5 Å². The number of hydrazone groups is 1. The Morgan fingerprint density at radius 1 is 1.04 bits per heavy atom. The Hall–Kier alpha value is -3.48. The van der Waals surface area contributed by atoms with Crippen molar-refractivity contribution < 1.29 is 14.4 Å². The zero-order valence-corrected chi connectivity index (χ0v) is 15.7. The lowest BCUT2D eigenvalue weighted by atomic mass is 10.0. The van der Waals surface area contributed by atoms with Crippen LogP contribution in [0, 0.1) is 0 Å². The van der Waals surface area contributed by atoms with Crippen LogP contribution in [0.1, 0.15) is 38.7 Å². The molecule has 0 saturated carbocycles. The molecule has 2 aromatic rings. The number of hydrogen-bond donors (Lipinski definition) is 0. The van der Waals surface area contributed by atoms with E-state index < -0.39 is 11.8 Å². The summed E-state index contributed by atoms with van der Waals surface area (Å²) in [5, 5.41) is 5.56. The van der Waals surface area contributed by atoms with Gasteiger partial charge >= 0.3 is 0 Å². The van der Waals surface area contributed by atoms with Crippen molar-refractivity contribution in [1.82, 2.24) is 9.91 Å². The summed E-state index contributed by atoms with van der Waals surface area (Å²) in [7, 11) is 3.93. The first-order chi connectivity index (χ1) is 13.5. The quantitative estimate of drug-likeness (QED) is 0.768. The highest BCUT2D eigenvalue weighted by molar-refractivity contribution is 6.22. The van der Waals surface area contributed by atoms with Gasteiger partial charge in [-0.2, -0.15) is 5.10 Å². The minimum absolute atomic E-state index is 0.237. The largest absolute Gasteiger partial charge is 0.378 e. The van der Waals surface area contributed by atoms with E-state index in [1.165, 1.54) is 5.01 Å². The zero-order valence-electron chi connectivity index (χ0n) is 15.7. The summed E-state index contributed by atoms with van der Waals surface area (Å²) in [6.45, 7) is -0.323. The van der Waals surface area contributed by atoms with Crippen molar-refractivity contribution in [3.63, 3.8) is 0 Å². The van der Waals surface area contributed by atoms with Gasteiger partial charge in [0.15, 0.2) is 0 Å². The molecule has 0 aliphatic carbocycles. The molecule has 3 amide bonds. The highest BCUT2D eigenvalue weighted by Gasteiger charge is 2.38. The van der Waals surface area contributed by atoms with Gasteiger partial charge in [-0.1, -0.05) is 24.3 Å². The van der Waals surface area contributed by atoms with Crippen molar-refractivity contribution in [3.05, 3.63) is 65.2 Å². The van der Waals surface area contributed by atoms with Crippen LogP contribution in [0.4, 0.5) is 5.69 Å². The number of rotatable bonds is 4. The van der Waals surface area contributed by atoms with Crippen LogP contribution in [-0.2, 0) is 4.79 Å². The minimum atomic E-state index is -0.441. The van der Waals surface area contributed by atoms with Gasteiger partial charge in [-0.3, -0.25) is 19.3 Å². The summed E-state index contributed by atoms with van der Waals surface area (Å²) in [4.78, 5) is 40.9. The lowest BCUT2D eigenvalue weighted by Crippen LogP contribution is -2.41. The molecule has 142 valence electrons. The van der Waals surface area contributed by atoms with Gasteiger partial charge < -0.3 is 4.90 Å². The number of carbonyl (C=O) groups is 3. The van der Waals surface area contributed by atoms with Gasteiger partial charge in [0.05, 0.1) is 17.2 Å². The van der Waals surface area contributed by atoms with Crippen LogP contribution >= 0.6 is 0 Å². The van der Waals surface area contributed by atoms with Crippen LogP contribution in [0.5, 0.6) is 0 Å². The number of fused-ring (bicyclic) bond motifs is 1. The molecule has 0 N–H and O–H groups in total. The van der Waals surface area contributed by atoms with Crippen molar-refractivity contribution in [2.24, 2.45) is 5.10 Å². The van der Waals surface area contributed by atoms with E-state index in [1.54, 1.807) is 30.5 Å². The van der Waals surface area contributed by atoms with Gasteiger partial charge in [-0.15, -0.1) is 0 Å². The smallest absolute Gasteiger partial charge is 0.263 e. The second-order valence-electron chi connectivity index (χ2n) is 7.02. The number of benzene rings is 2. The maximum absolute atomic E-state index is 12.9. The second-order valence-corrected chi connectivity index (χ2v) is 7.02. The van der Waals surface area contributed by atoms with Crippen LogP contribution in [0.15, 0.2) is 53.6 Å². The van der Waals surface area contributed by atoms with E-state index in [4.69, 9.17) is 0 Å². The van der Waals surface area contributed by atoms with Gasteiger partial charge in [0.25, 0.3) is 17.7 Å². The Morgan fingerprint density at radius 3 is 2.21 bits per heavy atom. The molecular weight excluding hydrogens is 356 g/mol. The van der Waals surface area contributed by atoms with E-state index in [0.717, 1.165) is 16.2 Å². The predicted octanol–water partition coefficient (Wildman–Crippen LogP) is 2.31. The van der Waals surface area contributed by atoms with Crippen molar-refractivity contribution in [1.29, 1.82) is 0 Å². The van der Waals surface area contributed by atoms with Crippen molar-refractivity contribution >= 4 is 29.6 Å². The Morgan fingerprint density at radius 2 is 1.64 bits per heavy atom. The highest BCUT2D eigenvalue weighted by Crippen LogP contribution is 2.30. The van der Waals surface area contributed by atoms with Crippen LogP contribution in [-0.4, -0.2) is 54.5 Å². The third kappa shape index (κ3) is 2.94. The number of carbonyl (C=O) groups excluding carboxylic acids is 3. The summed E-state index contributed by atoms with van der Waals surface area (Å²) in [5.74, 6) is -1.27. The molecule has 0 radical (unpaired) electrons. The molecule has 1 unspecified atom stereocenters. The van der Waals surface area contributed by atoms with E-state index in [1.807, 2.05) is 43.3 Å². The average molecular weight is 376 g/mol. The normalized spacial score (nSPS) is 18.0. The number of anilines is 1. The number of hydrogen-bond acceptors (Lipinski definition) is 5. The van der Waals surface area contributed by atoms with Gasteiger partial charge in [-0.25, -0.2) is 5.01 Å². The molecule has 0 bridgehead atoms. The summed E-state index contributed by atoms with van der Waals surface area (Å²) in [6, 6.07) is 14.3. The third-order valence-electron chi connectivity index (χ3n) is 5.05. The summed E-state index contributed by atoms with van der Waals surface area (Å²) < 4.78 is 0. The lowest BCUT2D eigenvalue weighted by molar-refractivity contribution is -0.133. The SMILES string of the molecule is CN(C)c1ccc(C2CC=NN2C(=O)CN2C(=O)c3ccccc3C2=O)cc1. The average Bonchev–Trinajstić information content (AvgIpc) is 3.28. The molecule has 28 heavy (non-hydrogen) atoms. The summed E-state index contributed by atoms with van der Waals surface area (Å²) >= 11 is 0. The monoisotopic (exact) mass is 376 g/mol. The molecule has 4 rings (SSSR count). The maximum atomic E-state index is 12.9. The zero-order chi connectivity index (χ0) is 19.8. The topological polar surface area (TPSA) is 73.3 Å². The van der Waals surface area contributed by atoms with Gasteiger partial charge in [0.2, 0.25) is 0 Å². The fourth-order valence-electron chi connectivity index (χ4n) is 3.52. The van der Waals surface area contributed by atoms with E-state index >= 15 is 0 Å². The molecule has 2 aliphatic rings. The van der Waals surface area contributed by atoms with Gasteiger partial charge in [0, 0.05) is 32.4 Å². The molecule has 2 aromatic carbocycles. The van der Waals surface area contributed by atoms with Crippen molar-refractivity contribution in [2.75, 3.05) is 25.5 Å². The number of amides is 3. The number of nitrogens with zero attached hydrogens (tertiary/aromatic N) is 4. The fourth-order valence-corrected chi connectivity index (χ4v) is 3.52. The first kappa shape index (κ1) is 17.9. The predicted molar refractivity (Wildman–Crippen MR) is 105 cm³/mol. The van der Waals surface area contributed by atoms with Crippen LogP contribution in [0.3, 0.4) is 0 Å². The molecule has 2 heterocycles. The van der Waals surface area contributed by atoms with Crippen LogP contribution < -0.4 is 4.90 Å². The highest BCUT2D eigenvalue weighted by atomic mass is 16.2. The summed E-state index contributed by atoms with van der Waals surface area (Å²) in [6.07, 6.45) is 2.28. The first-order valence-electron chi connectivity index (χ1n) is 9.04. The Labute approximate surface area is 162 Å². The molecule has 0 aromatic heterocycles. The lowest BCUT2D eigenvalue weighted by Gasteiger charge is -2.24. The second kappa shape index (κ2) is 6.92. The molecule has 7 nitrogen and oxygen atoms in total. The maximum Gasteiger partial charge on any atom is 0.263 e. The van der Waals surface area contributed by atoms with Crippen LogP contribution in [0.25, 0.3) is 0 Å². The standard InChI is InChI=1S/C21H20N4O3/c1-23(2)15-9-7-14(8-10-15)18-11-12-22-25(18)19(26)13-24-20(27)16-5-3-4-6-17(16)21(24)28/h3-10,12,18H,11,13H2,1-2H3. The minimum Gasteiger partial charge on any atom is -0.378 e. The molecule has 0 saturated heterocycles. The Kier molecular flexibility index (Phi) is 4.43. The molecule has 2 aliphatic heterocycles. The molecule has 0 spiro atoms. The van der Waals surface area contributed by atoms with Gasteiger partial charge in [0.1, 0.15) is 6.54 Å². The van der Waals surface area contributed by atoms with Crippen molar-refractivity contribution in [2.45, 2.75) is 12.5 Å². The van der Waals surface area contributed by atoms with Crippen molar-refractivity contribution in [3.8, 4) is 0 Å². The van der Waals surface area contributed by atoms with E-state index in [2.05, 4.69) is 5.10 Å². The first-order valence-corrected chi connectivity index (χ1v) is 9.04. The Balaban J connectivity index is 1.51. The fraction of sp³-hybridized carbons (Fsp3) is 0.238. The van der Waals surface area contributed by atoms with E-state index in [9.17, 15) is 14.4 Å². The Bertz CT molecular complexity index is 946. The van der Waals surface area contributed by atoms with Gasteiger partial charge in [-0.05, 0) is 29.8 Å². The molecule has 7 heteroatoms. The van der Waals surface area contributed by atoms with E-state index in [0.29, 0.717) is 17.5 Å².